The Hall–Kier alpha value is -2.09. The van der Waals surface area contributed by atoms with Crippen molar-refractivity contribution in [3.05, 3.63) is 41.4 Å². The number of benzene rings is 1. The highest BCUT2D eigenvalue weighted by Crippen LogP contribution is 2.39. The zero-order valence-corrected chi connectivity index (χ0v) is 16.2. The van der Waals surface area contributed by atoms with Gasteiger partial charge in [0.2, 0.25) is 0 Å². The summed E-state index contributed by atoms with van der Waals surface area (Å²) in [6.07, 6.45) is 1.94. The minimum Gasteiger partial charge on any atom is -0.449 e. The third-order valence-corrected chi connectivity index (χ3v) is 5.42. The van der Waals surface area contributed by atoms with Gasteiger partial charge in [0.05, 0.1) is 5.69 Å². The Morgan fingerprint density at radius 3 is 2.56 bits per heavy atom. The molecular weight excluding hydrogens is 372 g/mol. The highest BCUT2D eigenvalue weighted by Gasteiger charge is 2.27. The van der Waals surface area contributed by atoms with Gasteiger partial charge < -0.3 is 15.0 Å². The van der Waals surface area contributed by atoms with E-state index in [0.29, 0.717) is 17.2 Å². The largest absolute Gasteiger partial charge is 0.449 e. The second kappa shape index (κ2) is 8.29. The third-order valence-electron chi connectivity index (χ3n) is 4.33. The van der Waals surface area contributed by atoms with Crippen LogP contribution in [0.2, 0.25) is 0 Å². The Labute approximate surface area is 161 Å². The van der Waals surface area contributed by atoms with E-state index in [4.69, 9.17) is 15.5 Å². The lowest BCUT2D eigenvalue weighted by atomic mass is 10.1. The van der Waals surface area contributed by atoms with E-state index >= 15 is 0 Å². The molecule has 0 spiro atoms. The van der Waals surface area contributed by atoms with Gasteiger partial charge in [0, 0.05) is 23.9 Å². The van der Waals surface area contributed by atoms with Crippen LogP contribution in [0.15, 0.2) is 28.1 Å². The minimum absolute atomic E-state index is 0.141. The van der Waals surface area contributed by atoms with Gasteiger partial charge in [0.1, 0.15) is 29.1 Å². The van der Waals surface area contributed by atoms with Gasteiger partial charge in [-0.3, -0.25) is 0 Å². The second-order valence-corrected chi connectivity index (χ2v) is 8.11. The minimum atomic E-state index is -0.816. The van der Waals surface area contributed by atoms with Crippen molar-refractivity contribution in [2.75, 3.05) is 6.61 Å². The molecule has 0 aliphatic heterocycles. The number of carbonyl (C=O) groups is 1. The maximum absolute atomic E-state index is 13.6. The first kappa shape index (κ1) is 19.7. The predicted octanol–water partition coefficient (Wildman–Crippen LogP) is 4.48. The zero-order chi connectivity index (χ0) is 19.6. The number of halogens is 2. The number of hydrogen-bond acceptors (Lipinski definition) is 4. The van der Waals surface area contributed by atoms with Crippen LogP contribution in [0.5, 0.6) is 0 Å². The number of primary amides is 1. The molecule has 2 N–H and O–H groups in total. The van der Waals surface area contributed by atoms with E-state index in [9.17, 15) is 13.6 Å². The molecule has 1 aromatic heterocycles. The molecule has 1 saturated carbocycles. The van der Waals surface area contributed by atoms with Crippen molar-refractivity contribution in [3.63, 3.8) is 0 Å². The van der Waals surface area contributed by atoms with Crippen LogP contribution < -0.4 is 5.73 Å². The molecule has 3 rings (SSSR count). The molecule has 1 aliphatic carbocycles. The van der Waals surface area contributed by atoms with Gasteiger partial charge in [-0.1, -0.05) is 25.6 Å². The molecule has 1 heterocycles. The van der Waals surface area contributed by atoms with Crippen molar-refractivity contribution in [2.45, 2.75) is 55.5 Å². The SMILES string of the molecule is CC(C)c1nc(CCOC(N)=O)n(CC2CC2)c1Sc1cc(F)cc(F)c1. The van der Waals surface area contributed by atoms with Crippen LogP contribution in [0.3, 0.4) is 0 Å². The van der Waals surface area contributed by atoms with Gasteiger partial charge in [-0.15, -0.1) is 0 Å². The Balaban J connectivity index is 1.95. The van der Waals surface area contributed by atoms with E-state index in [0.717, 1.165) is 42.0 Å². The molecule has 27 heavy (non-hydrogen) atoms. The first-order valence-electron chi connectivity index (χ1n) is 8.99. The summed E-state index contributed by atoms with van der Waals surface area (Å²) in [5, 5.41) is 0.885. The maximum atomic E-state index is 13.6. The standard InChI is InChI=1S/C19H23F2N3O2S/c1-11(2)17-18(27-15-8-13(20)7-14(21)9-15)24(10-12-3-4-12)16(23-17)5-6-26-19(22)25/h7-9,11-12H,3-6,10H2,1-2H3,(H2,22,25). The molecule has 146 valence electrons. The molecule has 5 nitrogen and oxygen atoms in total. The average molecular weight is 395 g/mol. The van der Waals surface area contributed by atoms with Gasteiger partial charge in [-0.2, -0.15) is 0 Å². The lowest BCUT2D eigenvalue weighted by Crippen LogP contribution is -2.16. The molecular formula is C19H23F2N3O2S. The van der Waals surface area contributed by atoms with Gasteiger partial charge in [0.15, 0.2) is 0 Å². The highest BCUT2D eigenvalue weighted by molar-refractivity contribution is 7.99. The van der Waals surface area contributed by atoms with Crippen LogP contribution in [-0.2, 0) is 17.7 Å². The summed E-state index contributed by atoms with van der Waals surface area (Å²) in [5.41, 5.74) is 5.91. The number of nitrogens with two attached hydrogens (primary N) is 1. The third kappa shape index (κ3) is 5.22. The van der Waals surface area contributed by atoms with Crippen molar-refractivity contribution < 1.29 is 18.3 Å². The Morgan fingerprint density at radius 2 is 2.00 bits per heavy atom. The number of imidazole rings is 1. The second-order valence-electron chi connectivity index (χ2n) is 7.05. The summed E-state index contributed by atoms with van der Waals surface area (Å²) in [7, 11) is 0. The van der Waals surface area contributed by atoms with Crippen LogP contribution in [0.4, 0.5) is 13.6 Å². The summed E-state index contributed by atoms with van der Waals surface area (Å²) in [4.78, 5) is 16.1. The summed E-state index contributed by atoms with van der Waals surface area (Å²) >= 11 is 1.32. The van der Waals surface area contributed by atoms with E-state index in [1.54, 1.807) is 0 Å². The molecule has 0 radical (unpaired) electrons. The average Bonchev–Trinajstić information content (AvgIpc) is 3.31. The van der Waals surface area contributed by atoms with Gasteiger partial charge in [-0.05, 0) is 36.8 Å². The number of ether oxygens (including phenoxy) is 1. The molecule has 0 bridgehead atoms. The smallest absolute Gasteiger partial charge is 0.404 e. The molecule has 8 heteroatoms. The summed E-state index contributed by atoms with van der Waals surface area (Å²) in [5.74, 6) is 0.311. The maximum Gasteiger partial charge on any atom is 0.404 e. The molecule has 1 aliphatic rings. The van der Waals surface area contributed by atoms with Gasteiger partial charge >= 0.3 is 6.09 Å². The van der Waals surface area contributed by atoms with Crippen molar-refractivity contribution in [2.24, 2.45) is 11.7 Å². The first-order valence-corrected chi connectivity index (χ1v) is 9.80. The number of nitrogens with zero attached hydrogens (tertiary/aromatic N) is 2. The van der Waals surface area contributed by atoms with Gasteiger partial charge in [0.25, 0.3) is 0 Å². The fourth-order valence-corrected chi connectivity index (χ4v) is 4.11. The number of rotatable bonds is 8. The number of hydrogen-bond donors (Lipinski definition) is 1. The first-order chi connectivity index (χ1) is 12.8. The number of amides is 1. The molecule has 1 aromatic carbocycles. The van der Waals surface area contributed by atoms with Crippen LogP contribution in [0.25, 0.3) is 0 Å². The Kier molecular flexibility index (Phi) is 6.04. The fraction of sp³-hybridized carbons (Fsp3) is 0.474. The van der Waals surface area contributed by atoms with E-state index in [-0.39, 0.29) is 12.5 Å². The lowest BCUT2D eigenvalue weighted by Gasteiger charge is -2.13. The predicted molar refractivity (Wildman–Crippen MR) is 98.8 cm³/mol. The van der Waals surface area contributed by atoms with Crippen LogP contribution >= 0.6 is 11.8 Å². The van der Waals surface area contributed by atoms with Crippen molar-refractivity contribution in [1.29, 1.82) is 0 Å². The number of carbonyl (C=O) groups excluding carboxylic acids is 1. The highest BCUT2D eigenvalue weighted by atomic mass is 32.2. The molecule has 2 aromatic rings. The Morgan fingerprint density at radius 1 is 1.33 bits per heavy atom. The summed E-state index contributed by atoms with van der Waals surface area (Å²) in [6, 6.07) is 3.51. The Bertz CT molecular complexity index is 814. The van der Waals surface area contributed by atoms with Crippen LogP contribution in [-0.4, -0.2) is 22.3 Å². The monoisotopic (exact) mass is 395 g/mol. The normalized spacial score (nSPS) is 14.0. The summed E-state index contributed by atoms with van der Waals surface area (Å²) in [6.45, 7) is 5.01. The van der Waals surface area contributed by atoms with Crippen molar-refractivity contribution in [1.82, 2.24) is 9.55 Å². The zero-order valence-electron chi connectivity index (χ0n) is 15.4. The van der Waals surface area contributed by atoms with Gasteiger partial charge in [-0.25, -0.2) is 18.6 Å². The fourth-order valence-electron chi connectivity index (χ4n) is 2.87. The topological polar surface area (TPSA) is 70.1 Å². The molecule has 0 atom stereocenters. The van der Waals surface area contributed by atoms with Crippen LogP contribution in [0, 0.1) is 17.6 Å². The number of aromatic nitrogens is 2. The lowest BCUT2D eigenvalue weighted by molar-refractivity contribution is 0.157. The quantitative estimate of drug-likeness (QED) is 0.715. The molecule has 0 saturated heterocycles. The molecule has 1 amide bonds. The van der Waals surface area contributed by atoms with E-state index in [2.05, 4.69) is 4.57 Å². The molecule has 0 unspecified atom stereocenters. The molecule has 1 fully saturated rings. The van der Waals surface area contributed by atoms with Crippen molar-refractivity contribution in [3.8, 4) is 0 Å². The van der Waals surface area contributed by atoms with E-state index in [1.807, 2.05) is 13.8 Å². The van der Waals surface area contributed by atoms with Crippen LogP contribution in [0.1, 0.15) is 44.1 Å². The van der Waals surface area contributed by atoms with Crippen molar-refractivity contribution >= 4 is 17.9 Å². The van der Waals surface area contributed by atoms with E-state index < -0.39 is 17.7 Å². The van der Waals surface area contributed by atoms with E-state index in [1.165, 1.54) is 23.9 Å². The summed E-state index contributed by atoms with van der Waals surface area (Å²) < 4.78 is 34.2.